The normalized spacial score (nSPS) is 11.8. The minimum absolute atomic E-state index is 0.0696. The number of rotatable bonds is 8. The summed E-state index contributed by atoms with van der Waals surface area (Å²) < 4.78 is 10.7. The molecule has 1 aromatic heterocycles. The van der Waals surface area contributed by atoms with Crippen molar-refractivity contribution in [3.8, 4) is 5.75 Å². The van der Waals surface area contributed by atoms with E-state index in [-0.39, 0.29) is 24.3 Å². The van der Waals surface area contributed by atoms with E-state index in [2.05, 4.69) is 10.6 Å². The first-order chi connectivity index (χ1) is 12.0. The number of carbonyl (C=O) groups is 2. The summed E-state index contributed by atoms with van der Waals surface area (Å²) in [5.74, 6) is 0.495. The summed E-state index contributed by atoms with van der Waals surface area (Å²) in [4.78, 5) is 25.1. The molecule has 0 aliphatic carbocycles. The quantitative estimate of drug-likeness (QED) is 0.772. The molecule has 0 unspecified atom stereocenters. The molecule has 0 saturated heterocycles. The monoisotopic (exact) mass is 344 g/mol. The Morgan fingerprint density at radius 3 is 2.56 bits per heavy atom. The molecule has 25 heavy (non-hydrogen) atoms. The van der Waals surface area contributed by atoms with Crippen LogP contribution in [-0.2, 0) is 11.3 Å². The van der Waals surface area contributed by atoms with E-state index in [0.29, 0.717) is 23.7 Å². The van der Waals surface area contributed by atoms with Crippen LogP contribution in [0, 0.1) is 5.92 Å². The maximum absolute atomic E-state index is 12.6. The van der Waals surface area contributed by atoms with Gasteiger partial charge in [0.25, 0.3) is 5.91 Å². The van der Waals surface area contributed by atoms with Gasteiger partial charge in [0.1, 0.15) is 17.6 Å². The zero-order valence-electron chi connectivity index (χ0n) is 14.7. The number of amides is 2. The third kappa shape index (κ3) is 5.11. The van der Waals surface area contributed by atoms with Crippen molar-refractivity contribution in [3.63, 3.8) is 0 Å². The molecule has 2 N–H and O–H groups in total. The van der Waals surface area contributed by atoms with E-state index in [4.69, 9.17) is 9.15 Å². The van der Waals surface area contributed by atoms with E-state index in [1.165, 1.54) is 0 Å². The van der Waals surface area contributed by atoms with Gasteiger partial charge in [-0.3, -0.25) is 9.59 Å². The fourth-order valence-corrected chi connectivity index (χ4v) is 2.39. The first-order valence-electron chi connectivity index (χ1n) is 8.35. The average Bonchev–Trinajstić information content (AvgIpc) is 3.11. The van der Waals surface area contributed by atoms with Gasteiger partial charge < -0.3 is 19.8 Å². The highest BCUT2D eigenvalue weighted by molar-refractivity contribution is 5.99. The summed E-state index contributed by atoms with van der Waals surface area (Å²) in [6.45, 7) is 6.35. The first kappa shape index (κ1) is 18.6. The van der Waals surface area contributed by atoms with Crippen LogP contribution >= 0.6 is 0 Å². The minimum Gasteiger partial charge on any atom is -0.493 e. The molecule has 0 spiro atoms. The fourth-order valence-electron chi connectivity index (χ4n) is 2.39. The van der Waals surface area contributed by atoms with Crippen LogP contribution in [0.15, 0.2) is 47.1 Å². The van der Waals surface area contributed by atoms with E-state index in [1.54, 1.807) is 42.7 Å². The van der Waals surface area contributed by atoms with Gasteiger partial charge in [0, 0.05) is 0 Å². The van der Waals surface area contributed by atoms with Crippen LogP contribution in [0.1, 0.15) is 36.9 Å². The molecule has 0 saturated carbocycles. The van der Waals surface area contributed by atoms with Crippen LogP contribution in [0.2, 0.25) is 0 Å². The van der Waals surface area contributed by atoms with E-state index in [9.17, 15) is 9.59 Å². The molecular weight excluding hydrogens is 320 g/mol. The van der Waals surface area contributed by atoms with Crippen molar-refractivity contribution in [2.24, 2.45) is 5.92 Å². The van der Waals surface area contributed by atoms with Crippen molar-refractivity contribution in [2.75, 3.05) is 6.61 Å². The van der Waals surface area contributed by atoms with Crippen LogP contribution in [0.3, 0.4) is 0 Å². The van der Waals surface area contributed by atoms with Crippen LogP contribution in [-0.4, -0.2) is 24.5 Å². The molecule has 6 nitrogen and oxygen atoms in total. The lowest BCUT2D eigenvalue weighted by atomic mass is 10.0. The number of ether oxygens (including phenoxy) is 1. The predicted molar refractivity (Wildman–Crippen MR) is 94.3 cm³/mol. The molecule has 0 aliphatic heterocycles. The standard InChI is InChI=1S/C19H24N2O4/c1-4-24-16-10-6-5-9-15(16)18(22)21-17(13(2)3)19(23)20-12-14-8-7-11-25-14/h5-11,13,17H,4,12H2,1-3H3,(H,20,23)(H,21,22)/t17-/m0/s1. The molecule has 0 radical (unpaired) electrons. The van der Waals surface area contributed by atoms with Gasteiger partial charge in [0.15, 0.2) is 0 Å². The number of hydrogen-bond acceptors (Lipinski definition) is 4. The molecule has 1 atom stereocenters. The molecule has 2 aromatic rings. The molecule has 2 rings (SSSR count). The minimum atomic E-state index is -0.655. The molecule has 0 bridgehead atoms. The summed E-state index contributed by atoms with van der Waals surface area (Å²) in [7, 11) is 0. The first-order valence-corrected chi connectivity index (χ1v) is 8.35. The van der Waals surface area contributed by atoms with Crippen LogP contribution < -0.4 is 15.4 Å². The SMILES string of the molecule is CCOc1ccccc1C(=O)N[C@H](C(=O)NCc1ccco1)C(C)C. The van der Waals surface area contributed by atoms with Crippen LogP contribution in [0.25, 0.3) is 0 Å². The topological polar surface area (TPSA) is 80.6 Å². The highest BCUT2D eigenvalue weighted by Gasteiger charge is 2.25. The van der Waals surface area contributed by atoms with Crippen LogP contribution in [0.4, 0.5) is 0 Å². The molecule has 0 fully saturated rings. The summed E-state index contributed by atoms with van der Waals surface area (Å²) in [5.41, 5.74) is 0.411. The molecular formula is C19H24N2O4. The van der Waals surface area contributed by atoms with Crippen LogP contribution in [0.5, 0.6) is 5.75 Å². The van der Waals surface area contributed by atoms with Gasteiger partial charge in [-0.1, -0.05) is 26.0 Å². The van der Waals surface area contributed by atoms with Crippen molar-refractivity contribution in [3.05, 3.63) is 54.0 Å². The molecule has 1 aromatic carbocycles. The van der Waals surface area contributed by atoms with Gasteiger partial charge in [-0.05, 0) is 37.1 Å². The zero-order chi connectivity index (χ0) is 18.2. The van der Waals surface area contributed by atoms with Gasteiger partial charge >= 0.3 is 0 Å². The fraction of sp³-hybridized carbons (Fsp3) is 0.368. The second-order valence-corrected chi connectivity index (χ2v) is 5.92. The largest absolute Gasteiger partial charge is 0.493 e. The number of hydrogen-bond donors (Lipinski definition) is 2. The summed E-state index contributed by atoms with van der Waals surface area (Å²) in [6.07, 6.45) is 1.55. The lowest BCUT2D eigenvalue weighted by Crippen LogP contribution is -2.49. The number of para-hydroxylation sites is 1. The van der Waals surface area contributed by atoms with Crippen molar-refractivity contribution in [1.82, 2.24) is 10.6 Å². The Labute approximate surface area is 147 Å². The second-order valence-electron chi connectivity index (χ2n) is 5.92. The highest BCUT2D eigenvalue weighted by atomic mass is 16.5. The van der Waals surface area contributed by atoms with Gasteiger partial charge in [-0.25, -0.2) is 0 Å². The summed E-state index contributed by atoms with van der Waals surface area (Å²) in [5, 5.41) is 5.58. The number of nitrogens with one attached hydrogen (secondary N) is 2. The third-order valence-corrected chi connectivity index (χ3v) is 3.68. The Morgan fingerprint density at radius 2 is 1.92 bits per heavy atom. The van der Waals surface area contributed by atoms with Gasteiger partial charge in [-0.15, -0.1) is 0 Å². The van der Waals surface area contributed by atoms with Crippen molar-refractivity contribution >= 4 is 11.8 Å². The average molecular weight is 344 g/mol. The maximum Gasteiger partial charge on any atom is 0.255 e. The molecule has 1 heterocycles. The van der Waals surface area contributed by atoms with Gasteiger partial charge in [0.2, 0.25) is 5.91 Å². The predicted octanol–water partition coefficient (Wildman–Crippen LogP) is 2.75. The molecule has 0 aliphatic rings. The number of benzene rings is 1. The number of carbonyl (C=O) groups excluding carboxylic acids is 2. The van der Waals surface area contributed by atoms with E-state index in [0.717, 1.165) is 0 Å². The molecule has 2 amide bonds. The van der Waals surface area contributed by atoms with Crippen molar-refractivity contribution in [2.45, 2.75) is 33.4 Å². The van der Waals surface area contributed by atoms with Gasteiger partial charge in [0.05, 0.1) is 25.0 Å². The third-order valence-electron chi connectivity index (χ3n) is 3.68. The lowest BCUT2D eigenvalue weighted by Gasteiger charge is -2.22. The van der Waals surface area contributed by atoms with Gasteiger partial charge in [-0.2, -0.15) is 0 Å². The Hall–Kier alpha value is -2.76. The Kier molecular flexibility index (Phi) is 6.62. The Morgan fingerprint density at radius 1 is 1.16 bits per heavy atom. The highest BCUT2D eigenvalue weighted by Crippen LogP contribution is 2.18. The van der Waals surface area contributed by atoms with E-state index in [1.807, 2.05) is 20.8 Å². The second kappa shape index (κ2) is 8.92. The summed E-state index contributed by atoms with van der Waals surface area (Å²) in [6, 6.07) is 9.86. The summed E-state index contributed by atoms with van der Waals surface area (Å²) >= 11 is 0. The Balaban J connectivity index is 2.05. The maximum atomic E-state index is 12.6. The molecule has 134 valence electrons. The smallest absolute Gasteiger partial charge is 0.255 e. The van der Waals surface area contributed by atoms with E-state index < -0.39 is 6.04 Å². The zero-order valence-corrected chi connectivity index (χ0v) is 14.7. The van der Waals surface area contributed by atoms with Crippen molar-refractivity contribution in [1.29, 1.82) is 0 Å². The number of furan rings is 1. The lowest BCUT2D eigenvalue weighted by molar-refractivity contribution is -0.124. The van der Waals surface area contributed by atoms with Crippen molar-refractivity contribution < 1.29 is 18.7 Å². The van der Waals surface area contributed by atoms with E-state index >= 15 is 0 Å². The molecule has 6 heteroatoms. The Bertz CT molecular complexity index is 695.